The molecule has 0 aliphatic rings. The normalized spacial score (nSPS) is 10.4. The summed E-state index contributed by atoms with van der Waals surface area (Å²) >= 11 is 3.43. The van der Waals surface area contributed by atoms with Crippen molar-refractivity contribution in [2.75, 3.05) is 14.2 Å². The quantitative estimate of drug-likeness (QED) is 0.858. The molecule has 20 heavy (non-hydrogen) atoms. The Hall–Kier alpha value is -1.82. The summed E-state index contributed by atoms with van der Waals surface area (Å²) in [6, 6.07) is 7.45. The maximum atomic E-state index is 12.0. The molecule has 0 radical (unpaired) electrons. The number of halogens is 1. The van der Waals surface area contributed by atoms with Crippen LogP contribution in [0.5, 0.6) is 11.8 Å². The van der Waals surface area contributed by atoms with E-state index in [1.807, 2.05) is 18.2 Å². The summed E-state index contributed by atoms with van der Waals surface area (Å²) in [4.78, 5) is 16.2. The minimum absolute atomic E-state index is 0.138. The Morgan fingerprint density at radius 1 is 1.25 bits per heavy atom. The van der Waals surface area contributed by atoms with E-state index in [-0.39, 0.29) is 5.56 Å². The third kappa shape index (κ3) is 3.01. The van der Waals surface area contributed by atoms with Crippen molar-refractivity contribution in [2.24, 2.45) is 0 Å². The van der Waals surface area contributed by atoms with Gasteiger partial charge in [-0.25, -0.2) is 4.98 Å². The predicted octanol–water partition coefficient (Wildman–Crippen LogP) is 2.38. The number of rotatable bonds is 4. The molecule has 0 aliphatic heterocycles. The monoisotopic (exact) mass is 338 g/mol. The van der Waals surface area contributed by atoms with Crippen LogP contribution in [0.2, 0.25) is 0 Å². The van der Waals surface area contributed by atoms with Gasteiger partial charge >= 0.3 is 0 Å². The summed E-state index contributed by atoms with van der Waals surface area (Å²) in [5, 5.41) is 0. The fraction of sp³-hybridized carbons (Fsp3) is 0.286. The molecule has 0 fully saturated rings. The van der Waals surface area contributed by atoms with E-state index >= 15 is 0 Å². The number of benzene rings is 1. The van der Waals surface area contributed by atoms with Crippen LogP contribution in [0, 0.1) is 6.92 Å². The summed E-state index contributed by atoms with van der Waals surface area (Å²) in [6.07, 6.45) is 0. The Morgan fingerprint density at radius 3 is 2.60 bits per heavy atom. The van der Waals surface area contributed by atoms with Gasteiger partial charge in [0.2, 0.25) is 0 Å². The van der Waals surface area contributed by atoms with Crippen molar-refractivity contribution >= 4 is 15.9 Å². The van der Waals surface area contributed by atoms with Crippen LogP contribution in [-0.4, -0.2) is 23.8 Å². The van der Waals surface area contributed by atoms with Crippen molar-refractivity contribution < 1.29 is 9.47 Å². The zero-order valence-electron chi connectivity index (χ0n) is 11.5. The molecule has 6 heteroatoms. The predicted molar refractivity (Wildman–Crippen MR) is 79.6 cm³/mol. The molecule has 1 heterocycles. The molecule has 0 aliphatic carbocycles. The molecule has 0 unspecified atom stereocenters. The first-order valence-corrected chi connectivity index (χ1v) is 6.79. The van der Waals surface area contributed by atoms with Crippen LogP contribution in [0.25, 0.3) is 0 Å². The van der Waals surface area contributed by atoms with E-state index in [4.69, 9.17) is 9.47 Å². The van der Waals surface area contributed by atoms with Crippen molar-refractivity contribution in [3.63, 3.8) is 0 Å². The number of aryl methyl sites for hydroxylation is 1. The number of methoxy groups -OCH3 is 2. The first-order chi connectivity index (χ1) is 9.55. The Labute approximate surface area is 125 Å². The topological polar surface area (TPSA) is 53.4 Å². The van der Waals surface area contributed by atoms with Gasteiger partial charge in [-0.2, -0.15) is 0 Å². The van der Waals surface area contributed by atoms with Gasteiger partial charge < -0.3 is 9.47 Å². The van der Waals surface area contributed by atoms with Gasteiger partial charge in [0.1, 0.15) is 5.75 Å². The highest BCUT2D eigenvalue weighted by Gasteiger charge is 2.09. The van der Waals surface area contributed by atoms with Crippen molar-refractivity contribution in [3.8, 4) is 11.8 Å². The number of aromatic nitrogens is 2. The lowest BCUT2D eigenvalue weighted by Gasteiger charge is -2.12. The van der Waals surface area contributed by atoms with Crippen LogP contribution < -0.4 is 15.0 Å². The largest absolute Gasteiger partial charge is 0.496 e. The van der Waals surface area contributed by atoms with Gasteiger partial charge in [0, 0.05) is 11.8 Å². The van der Waals surface area contributed by atoms with Crippen LogP contribution in [0.15, 0.2) is 33.5 Å². The SMILES string of the molecule is COc1ccc(Cn2c(OC)nc(C)cc2=O)cc1Br. The summed E-state index contributed by atoms with van der Waals surface area (Å²) in [6.45, 7) is 2.15. The highest BCUT2D eigenvalue weighted by atomic mass is 79.9. The van der Waals surface area contributed by atoms with Gasteiger partial charge in [0.25, 0.3) is 11.6 Å². The Balaban J connectivity index is 2.40. The standard InChI is InChI=1S/C14H15BrN2O3/c1-9-6-13(18)17(14(16-9)20-3)8-10-4-5-12(19-2)11(15)7-10/h4-7H,8H2,1-3H3. The van der Waals surface area contributed by atoms with Gasteiger partial charge in [0.15, 0.2) is 0 Å². The molecular weight excluding hydrogens is 324 g/mol. The van der Waals surface area contributed by atoms with Crippen molar-refractivity contribution in [1.29, 1.82) is 0 Å². The lowest BCUT2D eigenvalue weighted by Crippen LogP contribution is -2.23. The van der Waals surface area contributed by atoms with Gasteiger partial charge in [-0.05, 0) is 40.5 Å². The van der Waals surface area contributed by atoms with Gasteiger partial charge in [-0.15, -0.1) is 0 Å². The van der Waals surface area contributed by atoms with Crippen molar-refractivity contribution in [3.05, 3.63) is 50.3 Å². The smallest absolute Gasteiger partial charge is 0.299 e. The average Bonchev–Trinajstić information content (AvgIpc) is 2.41. The zero-order chi connectivity index (χ0) is 14.7. The van der Waals surface area contributed by atoms with Gasteiger partial charge in [0.05, 0.1) is 25.2 Å². The molecule has 0 amide bonds. The minimum atomic E-state index is -0.138. The fourth-order valence-electron chi connectivity index (χ4n) is 1.89. The molecule has 2 aromatic rings. The summed E-state index contributed by atoms with van der Waals surface area (Å²) in [5.74, 6) is 0.745. The van der Waals surface area contributed by atoms with E-state index in [1.54, 1.807) is 14.0 Å². The maximum Gasteiger partial charge on any atom is 0.299 e. The molecule has 0 saturated carbocycles. The molecular formula is C14H15BrN2O3. The second-order valence-corrected chi connectivity index (χ2v) is 5.13. The van der Waals surface area contributed by atoms with E-state index in [1.165, 1.54) is 17.7 Å². The number of hydrogen-bond acceptors (Lipinski definition) is 4. The van der Waals surface area contributed by atoms with Gasteiger partial charge in [-0.1, -0.05) is 6.07 Å². The number of nitrogens with zero attached hydrogens (tertiary/aromatic N) is 2. The Morgan fingerprint density at radius 2 is 2.00 bits per heavy atom. The molecule has 0 N–H and O–H groups in total. The van der Waals surface area contributed by atoms with Crippen molar-refractivity contribution in [2.45, 2.75) is 13.5 Å². The zero-order valence-corrected chi connectivity index (χ0v) is 13.1. The highest BCUT2D eigenvalue weighted by molar-refractivity contribution is 9.10. The lowest BCUT2D eigenvalue weighted by atomic mass is 10.2. The molecule has 1 aromatic carbocycles. The van der Waals surface area contributed by atoms with Crippen LogP contribution in [0.4, 0.5) is 0 Å². The second-order valence-electron chi connectivity index (χ2n) is 4.28. The number of ether oxygens (including phenoxy) is 2. The third-order valence-electron chi connectivity index (χ3n) is 2.84. The van der Waals surface area contributed by atoms with E-state index in [0.717, 1.165) is 15.8 Å². The van der Waals surface area contributed by atoms with Crippen molar-refractivity contribution in [1.82, 2.24) is 9.55 Å². The average molecular weight is 339 g/mol. The number of hydrogen-bond donors (Lipinski definition) is 0. The Kier molecular flexibility index (Phi) is 4.44. The molecule has 5 nitrogen and oxygen atoms in total. The fourth-order valence-corrected chi connectivity index (χ4v) is 2.47. The highest BCUT2D eigenvalue weighted by Crippen LogP contribution is 2.26. The summed E-state index contributed by atoms with van der Waals surface area (Å²) in [7, 11) is 3.11. The molecule has 0 spiro atoms. The van der Waals surface area contributed by atoms with E-state index < -0.39 is 0 Å². The summed E-state index contributed by atoms with van der Waals surface area (Å²) < 4.78 is 12.7. The third-order valence-corrected chi connectivity index (χ3v) is 3.46. The minimum Gasteiger partial charge on any atom is -0.496 e. The molecule has 0 bridgehead atoms. The van der Waals surface area contributed by atoms with Crippen LogP contribution >= 0.6 is 15.9 Å². The summed E-state index contributed by atoms with van der Waals surface area (Å²) in [5.41, 5.74) is 1.45. The first kappa shape index (κ1) is 14.6. The van der Waals surface area contributed by atoms with E-state index in [0.29, 0.717) is 18.2 Å². The van der Waals surface area contributed by atoms with E-state index in [2.05, 4.69) is 20.9 Å². The van der Waals surface area contributed by atoms with Crippen LogP contribution in [0.1, 0.15) is 11.3 Å². The Bertz CT molecular complexity index is 683. The molecule has 2 rings (SSSR count). The molecule has 0 saturated heterocycles. The lowest BCUT2D eigenvalue weighted by molar-refractivity contribution is 0.349. The molecule has 0 atom stereocenters. The van der Waals surface area contributed by atoms with Gasteiger partial charge in [-0.3, -0.25) is 9.36 Å². The second kappa shape index (κ2) is 6.09. The first-order valence-electron chi connectivity index (χ1n) is 6.00. The van der Waals surface area contributed by atoms with E-state index in [9.17, 15) is 4.79 Å². The molecule has 1 aromatic heterocycles. The van der Waals surface area contributed by atoms with Crippen LogP contribution in [-0.2, 0) is 6.54 Å². The molecule has 106 valence electrons. The van der Waals surface area contributed by atoms with Crippen LogP contribution in [0.3, 0.4) is 0 Å². The maximum absolute atomic E-state index is 12.0.